The number of aromatic nitrogens is 2. The van der Waals surface area contributed by atoms with Gasteiger partial charge in [0.1, 0.15) is 5.75 Å². The minimum atomic E-state index is -0.264. The SMILES string of the molecule is COc1ccccc1NC(=O)c1ccc(NC(=O)c2ccc(Cn3cccn3)cc2)cc1. The molecule has 0 aliphatic rings. The van der Waals surface area contributed by atoms with Crippen molar-refractivity contribution in [3.63, 3.8) is 0 Å². The number of nitrogens with one attached hydrogen (secondary N) is 2. The van der Waals surface area contributed by atoms with Crippen molar-refractivity contribution in [1.82, 2.24) is 9.78 Å². The number of amides is 2. The van der Waals surface area contributed by atoms with Gasteiger partial charge in [-0.05, 0) is 60.2 Å². The van der Waals surface area contributed by atoms with E-state index in [1.807, 2.05) is 41.2 Å². The second kappa shape index (κ2) is 9.61. The largest absolute Gasteiger partial charge is 0.495 e. The van der Waals surface area contributed by atoms with Gasteiger partial charge < -0.3 is 15.4 Å². The summed E-state index contributed by atoms with van der Waals surface area (Å²) >= 11 is 0. The molecule has 7 nitrogen and oxygen atoms in total. The molecular weight excluding hydrogens is 404 g/mol. The number of ether oxygens (including phenoxy) is 1. The standard InChI is InChI=1S/C25H22N4O3/c1-32-23-6-3-2-5-22(23)28-25(31)20-11-13-21(14-12-20)27-24(30)19-9-7-18(8-10-19)17-29-16-4-15-26-29/h2-16H,17H2,1H3,(H,27,30)(H,28,31). The first kappa shape index (κ1) is 20.9. The molecule has 32 heavy (non-hydrogen) atoms. The summed E-state index contributed by atoms with van der Waals surface area (Å²) in [6.07, 6.45) is 3.62. The minimum absolute atomic E-state index is 0.220. The highest BCUT2D eigenvalue weighted by Crippen LogP contribution is 2.24. The average molecular weight is 426 g/mol. The number of carbonyl (C=O) groups is 2. The molecule has 2 amide bonds. The molecule has 0 saturated heterocycles. The maximum Gasteiger partial charge on any atom is 0.255 e. The number of hydrogen-bond acceptors (Lipinski definition) is 4. The Balaban J connectivity index is 1.36. The van der Waals surface area contributed by atoms with Crippen LogP contribution in [0.25, 0.3) is 0 Å². The Hall–Kier alpha value is -4.39. The zero-order valence-corrected chi connectivity index (χ0v) is 17.5. The van der Waals surface area contributed by atoms with Crippen LogP contribution in [0.2, 0.25) is 0 Å². The highest BCUT2D eigenvalue weighted by molar-refractivity contribution is 6.06. The van der Waals surface area contributed by atoms with E-state index in [4.69, 9.17) is 4.74 Å². The molecule has 0 spiro atoms. The third kappa shape index (κ3) is 5.02. The molecule has 4 aromatic rings. The van der Waals surface area contributed by atoms with Crippen molar-refractivity contribution in [3.05, 3.63) is 108 Å². The predicted molar refractivity (Wildman–Crippen MR) is 123 cm³/mol. The van der Waals surface area contributed by atoms with Crippen LogP contribution in [0.3, 0.4) is 0 Å². The zero-order valence-electron chi connectivity index (χ0n) is 17.5. The highest BCUT2D eigenvalue weighted by atomic mass is 16.5. The van der Waals surface area contributed by atoms with Gasteiger partial charge in [-0.25, -0.2) is 0 Å². The fourth-order valence-electron chi connectivity index (χ4n) is 3.19. The molecular formula is C25H22N4O3. The molecule has 0 atom stereocenters. The van der Waals surface area contributed by atoms with E-state index >= 15 is 0 Å². The number of nitrogens with zero attached hydrogens (tertiary/aromatic N) is 2. The number of para-hydroxylation sites is 2. The Bertz CT molecular complexity index is 1200. The van der Waals surface area contributed by atoms with Gasteiger partial charge in [-0.2, -0.15) is 5.10 Å². The Morgan fingerprint density at radius 1 is 0.844 bits per heavy atom. The van der Waals surface area contributed by atoms with E-state index in [1.54, 1.807) is 61.8 Å². The lowest BCUT2D eigenvalue weighted by Crippen LogP contribution is -2.14. The summed E-state index contributed by atoms with van der Waals surface area (Å²) < 4.78 is 7.07. The number of rotatable bonds is 7. The number of methoxy groups -OCH3 is 1. The van der Waals surface area contributed by atoms with E-state index in [0.29, 0.717) is 34.8 Å². The van der Waals surface area contributed by atoms with Crippen molar-refractivity contribution >= 4 is 23.2 Å². The Labute approximate surface area is 185 Å². The van der Waals surface area contributed by atoms with Crippen LogP contribution in [0.4, 0.5) is 11.4 Å². The summed E-state index contributed by atoms with van der Waals surface area (Å²) in [6, 6.07) is 23.2. The van der Waals surface area contributed by atoms with Gasteiger partial charge in [0, 0.05) is 29.2 Å². The summed E-state index contributed by atoms with van der Waals surface area (Å²) in [7, 11) is 1.55. The van der Waals surface area contributed by atoms with Crippen molar-refractivity contribution in [1.29, 1.82) is 0 Å². The van der Waals surface area contributed by atoms with Gasteiger partial charge in [-0.15, -0.1) is 0 Å². The zero-order chi connectivity index (χ0) is 22.3. The highest BCUT2D eigenvalue weighted by Gasteiger charge is 2.11. The van der Waals surface area contributed by atoms with E-state index < -0.39 is 0 Å². The monoisotopic (exact) mass is 426 g/mol. The van der Waals surface area contributed by atoms with Gasteiger partial charge in [0.2, 0.25) is 0 Å². The van der Waals surface area contributed by atoms with Crippen LogP contribution in [0.5, 0.6) is 5.75 Å². The minimum Gasteiger partial charge on any atom is -0.495 e. The van der Waals surface area contributed by atoms with Crippen molar-refractivity contribution < 1.29 is 14.3 Å². The first-order valence-corrected chi connectivity index (χ1v) is 10.0. The molecule has 0 unspecified atom stereocenters. The second-order valence-electron chi connectivity index (χ2n) is 7.09. The fraction of sp³-hybridized carbons (Fsp3) is 0.0800. The maximum atomic E-state index is 12.6. The van der Waals surface area contributed by atoms with E-state index in [9.17, 15) is 9.59 Å². The number of anilines is 2. The molecule has 4 rings (SSSR count). The fourth-order valence-corrected chi connectivity index (χ4v) is 3.19. The third-order valence-electron chi connectivity index (χ3n) is 4.88. The number of hydrogen-bond donors (Lipinski definition) is 2. The second-order valence-corrected chi connectivity index (χ2v) is 7.09. The van der Waals surface area contributed by atoms with Crippen LogP contribution < -0.4 is 15.4 Å². The van der Waals surface area contributed by atoms with Gasteiger partial charge in [0.15, 0.2) is 0 Å². The lowest BCUT2D eigenvalue weighted by molar-refractivity contribution is 0.101. The van der Waals surface area contributed by atoms with Crippen LogP contribution in [0, 0.1) is 0 Å². The van der Waals surface area contributed by atoms with Gasteiger partial charge in [0.25, 0.3) is 11.8 Å². The van der Waals surface area contributed by atoms with E-state index in [1.165, 1.54) is 0 Å². The summed E-state index contributed by atoms with van der Waals surface area (Å²) in [5.41, 5.74) is 3.26. The topological polar surface area (TPSA) is 85.3 Å². The lowest BCUT2D eigenvalue weighted by atomic mass is 10.1. The van der Waals surface area contributed by atoms with Gasteiger partial charge in [0.05, 0.1) is 19.3 Å². The first-order valence-electron chi connectivity index (χ1n) is 10.0. The van der Waals surface area contributed by atoms with E-state index in [0.717, 1.165) is 5.56 Å². The molecule has 0 fully saturated rings. The Morgan fingerprint density at radius 2 is 1.50 bits per heavy atom. The number of benzene rings is 3. The maximum absolute atomic E-state index is 12.6. The van der Waals surface area contributed by atoms with Crippen LogP contribution in [0.15, 0.2) is 91.3 Å². The van der Waals surface area contributed by atoms with Crippen LogP contribution in [0.1, 0.15) is 26.3 Å². The molecule has 0 aliphatic heterocycles. The lowest BCUT2D eigenvalue weighted by Gasteiger charge is -2.10. The summed E-state index contributed by atoms with van der Waals surface area (Å²) in [5.74, 6) is 0.0994. The normalized spacial score (nSPS) is 10.4. The molecule has 0 saturated carbocycles. The van der Waals surface area contributed by atoms with E-state index in [-0.39, 0.29) is 11.8 Å². The smallest absolute Gasteiger partial charge is 0.255 e. The molecule has 1 heterocycles. The first-order chi connectivity index (χ1) is 15.6. The predicted octanol–water partition coefficient (Wildman–Crippen LogP) is 4.44. The summed E-state index contributed by atoms with van der Waals surface area (Å²) in [5, 5.41) is 9.86. The van der Waals surface area contributed by atoms with Crippen LogP contribution in [-0.4, -0.2) is 28.7 Å². The number of carbonyl (C=O) groups excluding carboxylic acids is 2. The molecule has 0 radical (unpaired) electrons. The molecule has 0 bridgehead atoms. The molecule has 3 aromatic carbocycles. The van der Waals surface area contributed by atoms with Crippen molar-refractivity contribution in [2.75, 3.05) is 17.7 Å². The van der Waals surface area contributed by atoms with Gasteiger partial charge in [-0.1, -0.05) is 24.3 Å². The van der Waals surface area contributed by atoms with Crippen LogP contribution >= 0.6 is 0 Å². The third-order valence-corrected chi connectivity index (χ3v) is 4.88. The Morgan fingerprint density at radius 3 is 2.16 bits per heavy atom. The molecule has 1 aromatic heterocycles. The summed E-state index contributed by atoms with van der Waals surface area (Å²) in [6.45, 7) is 0.646. The van der Waals surface area contributed by atoms with Gasteiger partial charge >= 0.3 is 0 Å². The van der Waals surface area contributed by atoms with Crippen molar-refractivity contribution in [2.24, 2.45) is 0 Å². The molecule has 0 aliphatic carbocycles. The average Bonchev–Trinajstić information content (AvgIpc) is 3.33. The Kier molecular flexibility index (Phi) is 6.27. The summed E-state index contributed by atoms with van der Waals surface area (Å²) in [4.78, 5) is 25.1. The molecule has 160 valence electrons. The quantitative estimate of drug-likeness (QED) is 0.457. The molecule has 2 N–H and O–H groups in total. The molecule has 7 heteroatoms. The van der Waals surface area contributed by atoms with Crippen LogP contribution in [-0.2, 0) is 6.54 Å². The van der Waals surface area contributed by atoms with E-state index in [2.05, 4.69) is 15.7 Å². The van der Waals surface area contributed by atoms with Gasteiger partial charge in [-0.3, -0.25) is 14.3 Å². The van der Waals surface area contributed by atoms with Crippen molar-refractivity contribution in [3.8, 4) is 5.75 Å². The van der Waals surface area contributed by atoms with Crippen molar-refractivity contribution in [2.45, 2.75) is 6.54 Å².